The summed E-state index contributed by atoms with van der Waals surface area (Å²) in [5, 5.41) is 7.72. The van der Waals surface area contributed by atoms with Crippen molar-refractivity contribution in [2.45, 2.75) is 27.2 Å². The second-order valence-corrected chi connectivity index (χ2v) is 4.22. The van der Waals surface area contributed by atoms with Crippen molar-refractivity contribution in [2.75, 3.05) is 0 Å². The van der Waals surface area contributed by atoms with Crippen LogP contribution in [0.1, 0.15) is 29.7 Å². The Morgan fingerprint density at radius 2 is 2.17 bits per heavy atom. The van der Waals surface area contributed by atoms with Crippen molar-refractivity contribution in [3.8, 4) is 5.69 Å². The molecule has 2 heterocycles. The van der Waals surface area contributed by atoms with Crippen LogP contribution in [-0.4, -0.2) is 20.4 Å². The topological polar surface area (TPSA) is 80.6 Å². The molecule has 0 spiro atoms. The van der Waals surface area contributed by atoms with Crippen LogP contribution in [0.25, 0.3) is 5.69 Å². The third kappa shape index (κ3) is 1.99. The predicted octanol–water partition coefficient (Wildman–Crippen LogP) is 1.73. The summed E-state index contributed by atoms with van der Waals surface area (Å²) in [6, 6.07) is 1.94. The van der Waals surface area contributed by atoms with Crippen LogP contribution < -0.4 is 5.73 Å². The molecule has 0 unspecified atom stereocenters. The van der Waals surface area contributed by atoms with Crippen molar-refractivity contribution in [2.24, 2.45) is 5.73 Å². The highest BCUT2D eigenvalue weighted by atomic mass is 15.1. The number of imidazole rings is 1. The first-order chi connectivity index (χ1) is 8.54. The normalized spacial score (nSPS) is 10.6. The molecule has 0 bridgehead atoms. The Bertz CT molecular complexity index is 597. The average molecular weight is 243 g/mol. The van der Waals surface area contributed by atoms with Crippen molar-refractivity contribution in [1.82, 2.24) is 14.5 Å². The van der Waals surface area contributed by atoms with E-state index in [4.69, 9.17) is 11.1 Å². The zero-order valence-corrected chi connectivity index (χ0v) is 10.9. The Kier molecular flexibility index (Phi) is 3.14. The smallest absolute Gasteiger partial charge is 0.126 e. The van der Waals surface area contributed by atoms with Gasteiger partial charge in [0.15, 0.2) is 0 Å². The minimum absolute atomic E-state index is 0.0331. The van der Waals surface area contributed by atoms with Gasteiger partial charge in [0.1, 0.15) is 11.7 Å². The Morgan fingerprint density at radius 3 is 2.78 bits per heavy atom. The van der Waals surface area contributed by atoms with E-state index in [0.29, 0.717) is 5.56 Å². The van der Waals surface area contributed by atoms with E-state index >= 15 is 0 Å². The van der Waals surface area contributed by atoms with Gasteiger partial charge in [0.05, 0.1) is 16.9 Å². The fourth-order valence-electron chi connectivity index (χ4n) is 2.15. The molecule has 0 amide bonds. The molecule has 18 heavy (non-hydrogen) atoms. The minimum Gasteiger partial charge on any atom is -0.384 e. The molecule has 0 radical (unpaired) electrons. The summed E-state index contributed by atoms with van der Waals surface area (Å²) in [6.45, 7) is 5.85. The van der Waals surface area contributed by atoms with Crippen LogP contribution in [0.15, 0.2) is 18.5 Å². The van der Waals surface area contributed by atoms with Gasteiger partial charge >= 0.3 is 0 Å². The number of aryl methyl sites for hydroxylation is 3. The third-order valence-electron chi connectivity index (χ3n) is 2.87. The molecule has 3 N–H and O–H groups in total. The van der Waals surface area contributed by atoms with Crippen LogP contribution in [0.2, 0.25) is 0 Å². The summed E-state index contributed by atoms with van der Waals surface area (Å²) >= 11 is 0. The van der Waals surface area contributed by atoms with E-state index in [1.54, 1.807) is 6.20 Å². The number of pyridine rings is 1. The van der Waals surface area contributed by atoms with Crippen LogP contribution in [0, 0.1) is 19.3 Å². The summed E-state index contributed by atoms with van der Waals surface area (Å²) in [5.41, 5.74) is 8.90. The molecule has 94 valence electrons. The van der Waals surface area contributed by atoms with E-state index in [0.717, 1.165) is 29.3 Å². The van der Waals surface area contributed by atoms with Gasteiger partial charge in [-0.2, -0.15) is 0 Å². The highest BCUT2D eigenvalue weighted by Gasteiger charge is 2.14. The summed E-state index contributed by atoms with van der Waals surface area (Å²) in [4.78, 5) is 8.67. The molecule has 0 saturated carbocycles. The largest absolute Gasteiger partial charge is 0.384 e. The van der Waals surface area contributed by atoms with Gasteiger partial charge < -0.3 is 10.3 Å². The maximum Gasteiger partial charge on any atom is 0.126 e. The van der Waals surface area contributed by atoms with Gasteiger partial charge in [0, 0.05) is 24.5 Å². The molecule has 0 saturated heterocycles. The molecule has 2 aromatic heterocycles. The number of nitrogens with two attached hydrogens (primary N) is 1. The number of amidine groups is 1. The van der Waals surface area contributed by atoms with Gasteiger partial charge in [-0.15, -0.1) is 0 Å². The zero-order valence-electron chi connectivity index (χ0n) is 10.9. The van der Waals surface area contributed by atoms with Gasteiger partial charge in [-0.05, 0) is 19.9 Å². The number of nitrogen functional groups attached to an aromatic ring is 1. The Hall–Kier alpha value is -2.17. The molecule has 2 aromatic rings. The first-order valence-corrected chi connectivity index (χ1v) is 5.89. The Labute approximate surface area is 106 Å². The van der Waals surface area contributed by atoms with E-state index in [-0.39, 0.29) is 5.84 Å². The second-order valence-electron chi connectivity index (χ2n) is 4.22. The number of hydrogen-bond acceptors (Lipinski definition) is 3. The van der Waals surface area contributed by atoms with Gasteiger partial charge in [-0.1, -0.05) is 6.92 Å². The van der Waals surface area contributed by atoms with Crippen LogP contribution in [0.4, 0.5) is 0 Å². The van der Waals surface area contributed by atoms with Crippen molar-refractivity contribution in [1.29, 1.82) is 5.41 Å². The molecule has 2 rings (SSSR count). The summed E-state index contributed by atoms with van der Waals surface area (Å²) in [6.07, 6.45) is 4.47. The van der Waals surface area contributed by atoms with E-state index in [1.165, 1.54) is 0 Å². The molecule has 0 aliphatic heterocycles. The summed E-state index contributed by atoms with van der Waals surface area (Å²) < 4.78 is 1.97. The maximum absolute atomic E-state index is 7.72. The van der Waals surface area contributed by atoms with Crippen molar-refractivity contribution < 1.29 is 0 Å². The molecule has 0 aromatic carbocycles. The number of aromatic nitrogens is 3. The van der Waals surface area contributed by atoms with E-state index in [1.807, 2.05) is 37.6 Å². The first-order valence-electron chi connectivity index (χ1n) is 5.89. The second kappa shape index (κ2) is 4.60. The molecule has 0 atom stereocenters. The summed E-state index contributed by atoms with van der Waals surface area (Å²) in [5.74, 6) is 0.980. The lowest BCUT2D eigenvalue weighted by Gasteiger charge is -2.14. The lowest BCUT2D eigenvalue weighted by molar-refractivity contribution is 0.882. The number of nitrogens with one attached hydrogen (secondary N) is 1. The fraction of sp³-hybridized carbons (Fsp3) is 0.308. The molecule has 5 nitrogen and oxygen atoms in total. The van der Waals surface area contributed by atoms with E-state index in [2.05, 4.69) is 9.97 Å². The van der Waals surface area contributed by atoms with Crippen molar-refractivity contribution in [3.63, 3.8) is 0 Å². The number of hydrogen-bond donors (Lipinski definition) is 2. The average Bonchev–Trinajstić information content (AvgIpc) is 2.74. The molecule has 0 aliphatic rings. The predicted molar refractivity (Wildman–Crippen MR) is 71.2 cm³/mol. The third-order valence-corrected chi connectivity index (χ3v) is 2.87. The van der Waals surface area contributed by atoms with Gasteiger partial charge in [-0.25, -0.2) is 4.98 Å². The van der Waals surface area contributed by atoms with Gasteiger partial charge in [-0.3, -0.25) is 10.4 Å². The Balaban J connectivity index is 2.73. The van der Waals surface area contributed by atoms with Crippen LogP contribution in [0.5, 0.6) is 0 Å². The van der Waals surface area contributed by atoms with E-state index < -0.39 is 0 Å². The van der Waals surface area contributed by atoms with Crippen LogP contribution >= 0.6 is 0 Å². The van der Waals surface area contributed by atoms with Crippen LogP contribution in [-0.2, 0) is 6.42 Å². The zero-order chi connectivity index (χ0) is 13.3. The van der Waals surface area contributed by atoms with Crippen molar-refractivity contribution in [3.05, 3.63) is 41.2 Å². The molecule has 5 heteroatoms. The SMILES string of the molecule is CCc1nccn1-c1cc(C)nc(C)c1C(=N)N. The fourth-order valence-corrected chi connectivity index (χ4v) is 2.15. The molecule has 0 aliphatic carbocycles. The summed E-state index contributed by atoms with van der Waals surface area (Å²) in [7, 11) is 0. The minimum atomic E-state index is 0.0331. The highest BCUT2D eigenvalue weighted by Crippen LogP contribution is 2.20. The van der Waals surface area contributed by atoms with Gasteiger partial charge in [0.2, 0.25) is 0 Å². The Morgan fingerprint density at radius 1 is 1.44 bits per heavy atom. The number of nitrogens with zero attached hydrogens (tertiary/aromatic N) is 3. The highest BCUT2D eigenvalue weighted by molar-refractivity contribution is 5.99. The molecular weight excluding hydrogens is 226 g/mol. The van der Waals surface area contributed by atoms with E-state index in [9.17, 15) is 0 Å². The first kappa shape index (κ1) is 12.3. The van der Waals surface area contributed by atoms with Crippen molar-refractivity contribution >= 4 is 5.84 Å². The quantitative estimate of drug-likeness (QED) is 0.636. The monoisotopic (exact) mass is 243 g/mol. The molecule has 0 fully saturated rings. The lowest BCUT2D eigenvalue weighted by Crippen LogP contribution is -2.18. The standard InChI is InChI=1S/C13H17N5/c1-4-11-16-5-6-18(11)10-7-8(2)17-9(3)12(10)13(14)15/h5-7H,4H2,1-3H3,(H3,14,15). The lowest BCUT2D eigenvalue weighted by atomic mass is 10.1. The molecular formula is C13H17N5. The number of rotatable bonds is 3. The maximum atomic E-state index is 7.72. The van der Waals surface area contributed by atoms with Crippen LogP contribution in [0.3, 0.4) is 0 Å². The van der Waals surface area contributed by atoms with Gasteiger partial charge in [0.25, 0.3) is 0 Å².